The number of fused-ring (bicyclic) bond motifs is 1. The Morgan fingerprint density at radius 2 is 1.70 bits per heavy atom. The minimum absolute atomic E-state index is 0.0271. The molecule has 1 unspecified atom stereocenters. The summed E-state index contributed by atoms with van der Waals surface area (Å²) >= 11 is 0. The number of ether oxygens (including phenoxy) is 2. The highest BCUT2D eigenvalue weighted by Gasteiger charge is 2.23. The molecule has 0 bridgehead atoms. The van der Waals surface area contributed by atoms with Gasteiger partial charge in [-0.2, -0.15) is 0 Å². The molecule has 178 valence electrons. The summed E-state index contributed by atoms with van der Waals surface area (Å²) in [5, 5.41) is 0.841. The standard InChI is InChI=1S/C27H37N3O3/c1-8-29(9-2)21-11-13-22(14-12-21)30-20(5)26(27(31)32-10-3)24-17-23(15-16-25(24)30)33-19(4)18-28(6)7/h11-17,19H,8-10,18H2,1-7H3. The lowest BCUT2D eigenvalue weighted by Crippen LogP contribution is -2.27. The summed E-state index contributed by atoms with van der Waals surface area (Å²) in [7, 11) is 4.05. The highest BCUT2D eigenvalue weighted by molar-refractivity contribution is 6.07. The molecule has 0 radical (unpaired) electrons. The molecule has 0 aliphatic heterocycles. The Morgan fingerprint density at radius 3 is 2.27 bits per heavy atom. The minimum atomic E-state index is -0.308. The monoisotopic (exact) mass is 451 g/mol. The van der Waals surface area contributed by atoms with Crippen LogP contribution in [0.2, 0.25) is 0 Å². The fourth-order valence-electron chi connectivity index (χ4n) is 4.45. The number of carbonyl (C=O) groups is 1. The van der Waals surface area contributed by atoms with Crippen molar-refractivity contribution in [1.82, 2.24) is 9.47 Å². The van der Waals surface area contributed by atoms with Gasteiger partial charge in [0.1, 0.15) is 11.9 Å². The van der Waals surface area contributed by atoms with Crippen LogP contribution in [0.4, 0.5) is 5.69 Å². The van der Waals surface area contributed by atoms with Crippen molar-refractivity contribution in [3.8, 4) is 11.4 Å². The van der Waals surface area contributed by atoms with Gasteiger partial charge in [-0.15, -0.1) is 0 Å². The minimum Gasteiger partial charge on any atom is -0.489 e. The van der Waals surface area contributed by atoms with Gasteiger partial charge in [0.15, 0.2) is 0 Å². The van der Waals surface area contributed by atoms with Gasteiger partial charge in [0.05, 0.1) is 17.7 Å². The van der Waals surface area contributed by atoms with Crippen molar-refractivity contribution in [1.29, 1.82) is 0 Å². The van der Waals surface area contributed by atoms with Crippen LogP contribution in [0.25, 0.3) is 16.6 Å². The zero-order chi connectivity index (χ0) is 24.1. The maximum Gasteiger partial charge on any atom is 0.340 e. The van der Waals surface area contributed by atoms with Crippen molar-refractivity contribution in [2.75, 3.05) is 45.2 Å². The first-order chi connectivity index (χ1) is 15.8. The van der Waals surface area contributed by atoms with E-state index < -0.39 is 0 Å². The average Bonchev–Trinajstić information content (AvgIpc) is 3.05. The first-order valence-corrected chi connectivity index (χ1v) is 11.8. The van der Waals surface area contributed by atoms with Crippen LogP contribution in [-0.2, 0) is 4.74 Å². The first-order valence-electron chi connectivity index (χ1n) is 11.8. The van der Waals surface area contributed by atoms with Gasteiger partial charge >= 0.3 is 5.97 Å². The molecule has 0 saturated heterocycles. The van der Waals surface area contributed by atoms with Gasteiger partial charge in [-0.25, -0.2) is 4.79 Å². The molecule has 2 aromatic carbocycles. The fourth-order valence-corrected chi connectivity index (χ4v) is 4.45. The lowest BCUT2D eigenvalue weighted by atomic mass is 10.1. The Labute approximate surface area is 197 Å². The molecule has 0 aliphatic rings. The molecule has 1 aromatic heterocycles. The fraction of sp³-hybridized carbons (Fsp3) is 0.444. The third-order valence-electron chi connectivity index (χ3n) is 5.85. The number of rotatable bonds is 10. The molecule has 0 fully saturated rings. The van der Waals surface area contributed by atoms with Crippen molar-refractivity contribution < 1.29 is 14.3 Å². The summed E-state index contributed by atoms with van der Waals surface area (Å²) in [5.41, 5.74) is 4.61. The largest absolute Gasteiger partial charge is 0.489 e. The second-order valence-corrected chi connectivity index (χ2v) is 8.57. The predicted molar refractivity (Wildman–Crippen MR) is 136 cm³/mol. The van der Waals surface area contributed by atoms with Gasteiger partial charge in [0, 0.05) is 42.1 Å². The van der Waals surface area contributed by atoms with E-state index in [1.54, 1.807) is 0 Å². The third kappa shape index (κ3) is 5.33. The van der Waals surface area contributed by atoms with Crippen LogP contribution in [0.1, 0.15) is 43.7 Å². The van der Waals surface area contributed by atoms with E-state index >= 15 is 0 Å². The Hall–Kier alpha value is -2.99. The number of aromatic nitrogens is 1. The summed E-state index contributed by atoms with van der Waals surface area (Å²) in [6, 6.07) is 14.5. The number of nitrogens with zero attached hydrogens (tertiary/aromatic N) is 3. The van der Waals surface area contributed by atoms with Gasteiger partial charge in [0.2, 0.25) is 0 Å². The van der Waals surface area contributed by atoms with Crippen molar-refractivity contribution in [2.24, 2.45) is 0 Å². The van der Waals surface area contributed by atoms with Crippen molar-refractivity contribution >= 4 is 22.6 Å². The van der Waals surface area contributed by atoms with Crippen LogP contribution in [0, 0.1) is 6.92 Å². The van der Waals surface area contributed by atoms with E-state index in [2.05, 4.69) is 52.5 Å². The van der Waals surface area contributed by atoms with Crippen LogP contribution in [0.5, 0.6) is 5.75 Å². The molecule has 1 atom stereocenters. The zero-order valence-electron chi connectivity index (χ0n) is 21.0. The maximum atomic E-state index is 12.9. The predicted octanol–water partition coefficient (Wildman–Crippen LogP) is 5.29. The molecule has 0 amide bonds. The maximum absolute atomic E-state index is 12.9. The molecule has 6 heteroatoms. The summed E-state index contributed by atoms with van der Waals surface area (Å²) < 4.78 is 13.7. The summed E-state index contributed by atoms with van der Waals surface area (Å²) in [6.07, 6.45) is 0.0271. The number of hydrogen-bond donors (Lipinski definition) is 0. The van der Waals surface area contributed by atoms with E-state index in [4.69, 9.17) is 9.47 Å². The molecule has 3 rings (SSSR count). The van der Waals surface area contributed by atoms with Gasteiger partial charge < -0.3 is 23.8 Å². The number of anilines is 1. The van der Waals surface area contributed by atoms with Crippen molar-refractivity contribution in [3.05, 3.63) is 53.7 Å². The lowest BCUT2D eigenvalue weighted by molar-refractivity contribution is 0.0527. The van der Waals surface area contributed by atoms with Crippen LogP contribution in [0.15, 0.2) is 42.5 Å². The van der Waals surface area contributed by atoms with Crippen LogP contribution in [0.3, 0.4) is 0 Å². The molecule has 0 saturated carbocycles. The molecule has 33 heavy (non-hydrogen) atoms. The van der Waals surface area contributed by atoms with Gasteiger partial charge in [-0.1, -0.05) is 0 Å². The van der Waals surface area contributed by atoms with Crippen LogP contribution >= 0.6 is 0 Å². The number of likely N-dealkylation sites (N-methyl/N-ethyl adjacent to an activating group) is 1. The molecular formula is C27H37N3O3. The van der Waals surface area contributed by atoms with E-state index in [1.807, 2.05) is 53.1 Å². The second-order valence-electron chi connectivity index (χ2n) is 8.57. The molecule has 0 spiro atoms. The molecule has 3 aromatic rings. The van der Waals surface area contributed by atoms with E-state index in [-0.39, 0.29) is 12.1 Å². The Morgan fingerprint density at radius 1 is 1.03 bits per heavy atom. The van der Waals surface area contributed by atoms with E-state index in [1.165, 1.54) is 5.69 Å². The van der Waals surface area contributed by atoms with Gasteiger partial charge in [-0.3, -0.25) is 0 Å². The third-order valence-corrected chi connectivity index (χ3v) is 5.85. The lowest BCUT2D eigenvalue weighted by Gasteiger charge is -2.21. The van der Waals surface area contributed by atoms with Crippen LogP contribution in [-0.4, -0.2) is 61.9 Å². The average molecular weight is 452 g/mol. The van der Waals surface area contributed by atoms with Crippen molar-refractivity contribution in [2.45, 2.75) is 40.7 Å². The number of carbonyl (C=O) groups excluding carboxylic acids is 1. The Balaban J connectivity index is 2.10. The summed E-state index contributed by atoms with van der Waals surface area (Å²) in [4.78, 5) is 17.3. The number of esters is 1. The molecule has 0 aliphatic carbocycles. The first kappa shape index (κ1) is 24.6. The van der Waals surface area contributed by atoms with E-state index in [0.29, 0.717) is 12.2 Å². The summed E-state index contributed by atoms with van der Waals surface area (Å²) in [6.45, 7) is 13.2. The SMILES string of the molecule is CCOC(=O)c1c(C)n(-c2ccc(N(CC)CC)cc2)c2ccc(OC(C)CN(C)C)cc12. The molecular weight excluding hydrogens is 414 g/mol. The zero-order valence-corrected chi connectivity index (χ0v) is 21.0. The molecule has 0 N–H and O–H groups in total. The van der Waals surface area contributed by atoms with Crippen molar-refractivity contribution in [3.63, 3.8) is 0 Å². The van der Waals surface area contributed by atoms with E-state index in [0.717, 1.165) is 47.7 Å². The molecule has 1 heterocycles. The normalized spacial score (nSPS) is 12.2. The van der Waals surface area contributed by atoms with Gasteiger partial charge in [-0.05, 0) is 91.2 Å². The second kappa shape index (κ2) is 10.8. The summed E-state index contributed by atoms with van der Waals surface area (Å²) in [5.74, 6) is 0.438. The quantitative estimate of drug-likeness (QED) is 0.392. The van der Waals surface area contributed by atoms with Crippen LogP contribution < -0.4 is 9.64 Å². The number of hydrogen-bond acceptors (Lipinski definition) is 5. The molecule has 6 nitrogen and oxygen atoms in total. The number of benzene rings is 2. The highest BCUT2D eigenvalue weighted by atomic mass is 16.5. The highest BCUT2D eigenvalue weighted by Crippen LogP contribution is 2.33. The Kier molecular flexibility index (Phi) is 8.03. The smallest absolute Gasteiger partial charge is 0.340 e. The topological polar surface area (TPSA) is 46.9 Å². The van der Waals surface area contributed by atoms with Gasteiger partial charge in [0.25, 0.3) is 0 Å². The van der Waals surface area contributed by atoms with E-state index in [9.17, 15) is 4.79 Å². The Bertz CT molecular complexity index is 1080.